The van der Waals surface area contributed by atoms with Crippen molar-refractivity contribution >= 4 is 5.91 Å². The fourth-order valence-electron chi connectivity index (χ4n) is 3.06. The summed E-state index contributed by atoms with van der Waals surface area (Å²) in [5.41, 5.74) is 5.48. The molecule has 3 unspecified atom stereocenters. The molecule has 2 heterocycles. The van der Waals surface area contributed by atoms with E-state index in [1.165, 1.54) is 0 Å². The third-order valence-corrected chi connectivity index (χ3v) is 3.75. The zero-order valence-corrected chi connectivity index (χ0v) is 10.7. The van der Waals surface area contributed by atoms with Gasteiger partial charge < -0.3 is 15.8 Å². The third kappa shape index (κ3) is 2.97. The molecule has 0 spiro atoms. The Labute approximate surface area is 103 Å². The van der Waals surface area contributed by atoms with Crippen LogP contribution in [0.15, 0.2) is 0 Å². The van der Waals surface area contributed by atoms with Gasteiger partial charge in [0.15, 0.2) is 0 Å². The second-order valence-electron chi connectivity index (χ2n) is 5.24. The van der Waals surface area contributed by atoms with Gasteiger partial charge in [-0.05, 0) is 26.7 Å². The van der Waals surface area contributed by atoms with Crippen LogP contribution >= 0.6 is 0 Å². The summed E-state index contributed by atoms with van der Waals surface area (Å²) in [6, 6.07) is 0.264. The molecule has 5 heteroatoms. The number of carbonyl (C=O) groups excluding carboxylic acids is 1. The van der Waals surface area contributed by atoms with Gasteiger partial charge in [-0.1, -0.05) is 0 Å². The average Bonchev–Trinajstić information content (AvgIpc) is 2.27. The van der Waals surface area contributed by atoms with Gasteiger partial charge in [0.2, 0.25) is 5.91 Å². The fourth-order valence-corrected chi connectivity index (χ4v) is 3.06. The lowest BCUT2D eigenvalue weighted by molar-refractivity contribution is -0.128. The van der Waals surface area contributed by atoms with Crippen LogP contribution in [0.4, 0.5) is 0 Å². The highest BCUT2D eigenvalue weighted by Gasteiger charge is 2.36. The Morgan fingerprint density at radius 2 is 2.00 bits per heavy atom. The molecule has 0 saturated carbocycles. The number of hydrogen-bond acceptors (Lipinski definition) is 4. The van der Waals surface area contributed by atoms with E-state index in [1.54, 1.807) is 0 Å². The van der Waals surface area contributed by atoms with Gasteiger partial charge in [0.1, 0.15) is 6.04 Å². The highest BCUT2D eigenvalue weighted by Crippen LogP contribution is 2.25. The highest BCUT2D eigenvalue weighted by molar-refractivity contribution is 5.80. The molecule has 0 bridgehead atoms. The van der Waals surface area contributed by atoms with Crippen molar-refractivity contribution in [1.29, 1.82) is 0 Å². The smallest absolute Gasteiger partial charge is 0.236 e. The van der Waals surface area contributed by atoms with Crippen LogP contribution < -0.4 is 11.1 Å². The Kier molecular flexibility index (Phi) is 4.01. The Bertz CT molecular complexity index is 275. The molecule has 0 radical (unpaired) electrons. The summed E-state index contributed by atoms with van der Waals surface area (Å²) in [6.07, 6.45) is 2.53. The maximum Gasteiger partial charge on any atom is 0.236 e. The topological polar surface area (TPSA) is 67.6 Å². The number of ether oxygens (including phenoxy) is 1. The molecule has 2 aliphatic heterocycles. The second kappa shape index (κ2) is 5.33. The maximum absolute atomic E-state index is 11.5. The van der Waals surface area contributed by atoms with Crippen molar-refractivity contribution in [2.75, 3.05) is 19.6 Å². The van der Waals surface area contributed by atoms with Crippen LogP contribution in [0.25, 0.3) is 0 Å². The lowest BCUT2D eigenvalue weighted by Crippen LogP contribution is -2.61. The summed E-state index contributed by atoms with van der Waals surface area (Å²) < 4.78 is 5.74. The molecule has 1 amide bonds. The first-order valence-corrected chi connectivity index (χ1v) is 6.49. The van der Waals surface area contributed by atoms with Crippen LogP contribution in [0.1, 0.15) is 26.7 Å². The molecular formula is C12H23N3O2. The van der Waals surface area contributed by atoms with Crippen LogP contribution in [0.2, 0.25) is 0 Å². The lowest BCUT2D eigenvalue weighted by atomic mass is 9.95. The van der Waals surface area contributed by atoms with Gasteiger partial charge in [-0.15, -0.1) is 0 Å². The Morgan fingerprint density at radius 3 is 2.59 bits per heavy atom. The maximum atomic E-state index is 11.5. The molecule has 5 nitrogen and oxygen atoms in total. The summed E-state index contributed by atoms with van der Waals surface area (Å²) in [4.78, 5) is 13.8. The van der Waals surface area contributed by atoms with E-state index < -0.39 is 0 Å². The van der Waals surface area contributed by atoms with Crippen molar-refractivity contribution in [2.24, 2.45) is 5.73 Å². The van der Waals surface area contributed by atoms with Crippen LogP contribution in [-0.2, 0) is 9.53 Å². The molecular weight excluding hydrogens is 218 g/mol. The molecule has 98 valence electrons. The van der Waals surface area contributed by atoms with Crippen LogP contribution in [0.5, 0.6) is 0 Å². The second-order valence-corrected chi connectivity index (χ2v) is 5.24. The number of carbonyl (C=O) groups is 1. The van der Waals surface area contributed by atoms with Crippen molar-refractivity contribution in [3.8, 4) is 0 Å². The molecule has 2 aliphatic rings. The van der Waals surface area contributed by atoms with E-state index in [0.29, 0.717) is 12.6 Å². The molecule has 0 aromatic carbocycles. The molecule has 2 rings (SSSR count). The van der Waals surface area contributed by atoms with Crippen LogP contribution in [-0.4, -0.2) is 54.7 Å². The first-order chi connectivity index (χ1) is 8.08. The number of hydrogen-bond donors (Lipinski definition) is 2. The number of piperazine rings is 1. The predicted molar refractivity (Wildman–Crippen MR) is 65.6 cm³/mol. The van der Waals surface area contributed by atoms with Crippen molar-refractivity contribution < 1.29 is 9.53 Å². The van der Waals surface area contributed by atoms with E-state index in [4.69, 9.17) is 10.5 Å². The fraction of sp³-hybridized carbons (Fsp3) is 0.917. The number of nitrogens with one attached hydrogen (secondary N) is 1. The van der Waals surface area contributed by atoms with Gasteiger partial charge >= 0.3 is 0 Å². The van der Waals surface area contributed by atoms with Crippen LogP contribution in [0, 0.1) is 0 Å². The van der Waals surface area contributed by atoms with E-state index in [1.807, 2.05) is 0 Å². The Hall–Kier alpha value is -0.650. The van der Waals surface area contributed by atoms with Gasteiger partial charge in [0.25, 0.3) is 0 Å². The molecule has 2 saturated heterocycles. The molecule has 0 aliphatic carbocycles. The summed E-state index contributed by atoms with van der Waals surface area (Å²) in [5, 5.41) is 3.23. The largest absolute Gasteiger partial charge is 0.375 e. The first-order valence-electron chi connectivity index (χ1n) is 6.49. The van der Waals surface area contributed by atoms with Gasteiger partial charge in [0, 0.05) is 25.7 Å². The van der Waals surface area contributed by atoms with Gasteiger partial charge in [-0.2, -0.15) is 0 Å². The summed E-state index contributed by atoms with van der Waals surface area (Å²) in [6.45, 7) is 6.71. The standard InChI is InChI=1S/C12H23N3O2/c1-8-5-10(6-9(2)17-8)15-4-3-14-7-11(15)12(13)16/h8-11,14H,3-7H2,1-2H3,(H2,13,16). The molecule has 0 aromatic heterocycles. The summed E-state index contributed by atoms with van der Waals surface area (Å²) in [7, 11) is 0. The molecule has 0 aromatic rings. The van der Waals surface area contributed by atoms with Crippen molar-refractivity contribution in [3.05, 3.63) is 0 Å². The molecule has 17 heavy (non-hydrogen) atoms. The van der Waals surface area contributed by atoms with Gasteiger partial charge in [-0.3, -0.25) is 9.69 Å². The SMILES string of the molecule is CC1CC(N2CCNCC2C(N)=O)CC(C)O1. The van der Waals surface area contributed by atoms with E-state index in [0.717, 1.165) is 25.9 Å². The number of amides is 1. The van der Waals surface area contributed by atoms with Crippen molar-refractivity contribution in [2.45, 2.75) is 51.0 Å². The number of rotatable bonds is 2. The average molecular weight is 241 g/mol. The number of primary amides is 1. The van der Waals surface area contributed by atoms with Crippen LogP contribution in [0.3, 0.4) is 0 Å². The summed E-state index contributed by atoms with van der Waals surface area (Å²) >= 11 is 0. The minimum absolute atomic E-state index is 0.161. The van der Waals surface area contributed by atoms with Gasteiger partial charge in [0.05, 0.1) is 12.2 Å². The number of nitrogens with two attached hydrogens (primary N) is 1. The molecule has 3 atom stereocenters. The summed E-state index contributed by atoms with van der Waals surface area (Å²) in [5.74, 6) is -0.219. The highest BCUT2D eigenvalue weighted by atomic mass is 16.5. The molecule has 2 fully saturated rings. The minimum Gasteiger partial charge on any atom is -0.375 e. The van der Waals surface area contributed by atoms with Crippen molar-refractivity contribution in [1.82, 2.24) is 10.2 Å². The van der Waals surface area contributed by atoms with Crippen molar-refractivity contribution in [3.63, 3.8) is 0 Å². The molecule has 3 N–H and O–H groups in total. The van der Waals surface area contributed by atoms with E-state index >= 15 is 0 Å². The lowest BCUT2D eigenvalue weighted by Gasteiger charge is -2.44. The monoisotopic (exact) mass is 241 g/mol. The zero-order valence-electron chi connectivity index (χ0n) is 10.7. The normalized spacial score (nSPS) is 40.1. The van der Waals surface area contributed by atoms with E-state index in [-0.39, 0.29) is 24.2 Å². The number of nitrogens with zero attached hydrogens (tertiary/aromatic N) is 1. The third-order valence-electron chi connectivity index (χ3n) is 3.75. The predicted octanol–water partition coefficient (Wildman–Crippen LogP) is -0.298. The zero-order chi connectivity index (χ0) is 12.4. The Morgan fingerprint density at radius 1 is 1.35 bits per heavy atom. The van der Waals surface area contributed by atoms with Gasteiger partial charge in [-0.25, -0.2) is 0 Å². The minimum atomic E-state index is -0.219. The first kappa shape index (κ1) is 12.8. The Balaban J connectivity index is 2.05. The quantitative estimate of drug-likeness (QED) is 0.696. The van der Waals surface area contributed by atoms with E-state index in [9.17, 15) is 4.79 Å². The van der Waals surface area contributed by atoms with E-state index in [2.05, 4.69) is 24.1 Å².